The number of nitrogens with one attached hydrogen (secondary N) is 1. The molecule has 0 unspecified atom stereocenters. The van der Waals surface area contributed by atoms with Crippen LogP contribution in [0.2, 0.25) is 10.4 Å². The van der Waals surface area contributed by atoms with Gasteiger partial charge >= 0.3 is 5.97 Å². The van der Waals surface area contributed by atoms with E-state index in [1.54, 1.807) is 0 Å². The first-order chi connectivity index (χ1) is 8.61. The Morgan fingerprint density at radius 3 is 2.47 bits per heavy atom. The van der Waals surface area contributed by atoms with Crippen molar-refractivity contribution >= 4 is 35.0 Å². The molecule has 1 atom stereocenters. The van der Waals surface area contributed by atoms with E-state index in [9.17, 15) is 9.18 Å². The average molecular weight is 310 g/mol. The molecule has 0 aliphatic heterocycles. The maximum Gasteiger partial charge on any atom is 0.305 e. The number of aliphatic carboxylic acids is 1. The number of hydrogen-bond donors (Lipinski definition) is 2. The smallest absolute Gasteiger partial charge is 0.305 e. The van der Waals surface area contributed by atoms with Gasteiger partial charge in [0.1, 0.15) is 0 Å². The van der Waals surface area contributed by atoms with Crippen molar-refractivity contribution in [1.29, 1.82) is 0 Å². The number of aromatic nitrogens is 2. The first-order valence-corrected chi connectivity index (χ1v) is 6.23. The van der Waals surface area contributed by atoms with Crippen LogP contribution in [-0.2, 0) is 4.79 Å². The second kappa shape index (κ2) is 5.88. The zero-order valence-electron chi connectivity index (χ0n) is 10.7. The van der Waals surface area contributed by atoms with Crippen LogP contribution in [0.3, 0.4) is 0 Å². The zero-order chi connectivity index (χ0) is 14.8. The summed E-state index contributed by atoms with van der Waals surface area (Å²) in [4.78, 5) is 18.0. The predicted octanol–water partition coefficient (Wildman–Crippen LogP) is 3.22. The molecular weight excluding hydrogens is 296 g/mol. The third-order valence-electron chi connectivity index (χ3n) is 2.52. The average Bonchev–Trinajstić information content (AvgIpc) is 2.22. The van der Waals surface area contributed by atoms with Crippen LogP contribution in [0.4, 0.5) is 10.2 Å². The standard InChI is InChI=1S/C11H14Cl2FN3O2/c1-11(2,3)5(4-6(18)19)15-9-7(14)8(12)16-10(13)17-9/h5H,4H2,1-3H3,(H,18,19)(H,15,16,17)/t5-/m1/s1. The quantitative estimate of drug-likeness (QED) is 0.659. The van der Waals surface area contributed by atoms with Crippen LogP contribution in [-0.4, -0.2) is 27.1 Å². The minimum Gasteiger partial charge on any atom is -0.481 e. The second-order valence-corrected chi connectivity index (χ2v) is 5.80. The molecule has 2 N–H and O–H groups in total. The summed E-state index contributed by atoms with van der Waals surface area (Å²) in [5, 5.41) is 11.0. The largest absolute Gasteiger partial charge is 0.481 e. The fourth-order valence-corrected chi connectivity index (χ4v) is 1.78. The zero-order valence-corrected chi connectivity index (χ0v) is 12.2. The number of anilines is 1. The Balaban J connectivity index is 3.06. The van der Waals surface area contributed by atoms with Crippen LogP contribution < -0.4 is 5.32 Å². The van der Waals surface area contributed by atoms with E-state index < -0.39 is 28.4 Å². The number of carboxylic acid groups (broad SMARTS) is 1. The molecule has 1 heterocycles. The molecule has 0 spiro atoms. The maximum atomic E-state index is 13.7. The summed E-state index contributed by atoms with van der Waals surface area (Å²) in [5.74, 6) is -2.06. The molecule has 0 aliphatic rings. The van der Waals surface area contributed by atoms with Gasteiger partial charge in [0.2, 0.25) is 11.1 Å². The lowest BCUT2D eigenvalue weighted by atomic mass is 9.85. The van der Waals surface area contributed by atoms with Gasteiger partial charge in [-0.15, -0.1) is 0 Å². The lowest BCUT2D eigenvalue weighted by Gasteiger charge is -2.30. The van der Waals surface area contributed by atoms with Gasteiger partial charge in [0, 0.05) is 6.04 Å². The molecule has 0 saturated carbocycles. The number of rotatable bonds is 4. The van der Waals surface area contributed by atoms with Crippen LogP contribution in [0, 0.1) is 11.2 Å². The van der Waals surface area contributed by atoms with Crippen LogP contribution in [0.1, 0.15) is 27.2 Å². The highest BCUT2D eigenvalue weighted by atomic mass is 35.5. The van der Waals surface area contributed by atoms with Crippen LogP contribution in [0.5, 0.6) is 0 Å². The Kier molecular flexibility index (Phi) is 4.92. The van der Waals surface area contributed by atoms with E-state index in [2.05, 4.69) is 15.3 Å². The Morgan fingerprint density at radius 1 is 1.42 bits per heavy atom. The molecule has 0 fully saturated rings. The van der Waals surface area contributed by atoms with Gasteiger partial charge in [-0.25, -0.2) is 4.98 Å². The normalized spacial score (nSPS) is 13.2. The Labute approximate surface area is 120 Å². The summed E-state index contributed by atoms with van der Waals surface area (Å²) in [7, 11) is 0. The molecule has 5 nitrogen and oxygen atoms in total. The van der Waals surface area contributed by atoms with Gasteiger partial charge < -0.3 is 10.4 Å². The molecule has 0 aliphatic carbocycles. The maximum absolute atomic E-state index is 13.7. The Morgan fingerprint density at radius 2 is 2.00 bits per heavy atom. The minimum atomic E-state index is -1.00. The molecule has 0 aromatic carbocycles. The molecule has 1 aromatic heterocycles. The minimum absolute atomic E-state index is 0.192. The predicted molar refractivity (Wildman–Crippen MR) is 71.1 cm³/mol. The number of nitrogens with zero attached hydrogens (tertiary/aromatic N) is 2. The highest BCUT2D eigenvalue weighted by Crippen LogP contribution is 2.28. The van der Waals surface area contributed by atoms with Gasteiger partial charge in [-0.05, 0) is 17.0 Å². The third-order valence-corrected chi connectivity index (χ3v) is 2.94. The van der Waals surface area contributed by atoms with Crippen molar-refractivity contribution in [3.8, 4) is 0 Å². The topological polar surface area (TPSA) is 75.1 Å². The van der Waals surface area contributed by atoms with E-state index in [1.807, 2.05) is 20.8 Å². The van der Waals surface area contributed by atoms with Crippen molar-refractivity contribution in [2.24, 2.45) is 5.41 Å². The Hall–Kier alpha value is -1.14. The molecule has 106 valence electrons. The van der Waals surface area contributed by atoms with Gasteiger partial charge in [0.25, 0.3) is 0 Å². The lowest BCUT2D eigenvalue weighted by Crippen LogP contribution is -2.36. The Bertz CT molecular complexity index is 492. The molecule has 8 heteroatoms. The van der Waals surface area contributed by atoms with Gasteiger partial charge in [-0.1, -0.05) is 32.4 Å². The lowest BCUT2D eigenvalue weighted by molar-refractivity contribution is -0.137. The van der Waals surface area contributed by atoms with Crippen molar-refractivity contribution in [3.63, 3.8) is 0 Å². The van der Waals surface area contributed by atoms with Crippen molar-refractivity contribution in [2.45, 2.75) is 33.2 Å². The van der Waals surface area contributed by atoms with E-state index in [1.165, 1.54) is 0 Å². The number of halogens is 3. The first kappa shape index (κ1) is 15.9. The van der Waals surface area contributed by atoms with Crippen molar-refractivity contribution in [2.75, 3.05) is 5.32 Å². The van der Waals surface area contributed by atoms with E-state index in [-0.39, 0.29) is 17.5 Å². The summed E-state index contributed by atoms with van der Waals surface area (Å²) in [6.45, 7) is 5.49. The molecular formula is C11H14Cl2FN3O2. The number of hydrogen-bond acceptors (Lipinski definition) is 4. The van der Waals surface area contributed by atoms with Gasteiger partial charge in [0.05, 0.1) is 6.42 Å². The summed E-state index contributed by atoms with van der Waals surface area (Å²) in [6.07, 6.45) is -0.192. The molecule has 1 aromatic rings. The molecule has 0 saturated heterocycles. The van der Waals surface area contributed by atoms with Crippen LogP contribution >= 0.6 is 23.2 Å². The fraction of sp³-hybridized carbons (Fsp3) is 0.545. The van der Waals surface area contributed by atoms with Crippen molar-refractivity contribution < 1.29 is 14.3 Å². The van der Waals surface area contributed by atoms with Crippen molar-refractivity contribution in [1.82, 2.24) is 9.97 Å². The van der Waals surface area contributed by atoms with Gasteiger partial charge in [0.15, 0.2) is 11.0 Å². The molecule has 0 radical (unpaired) electrons. The fourth-order valence-electron chi connectivity index (χ4n) is 1.40. The third kappa shape index (κ3) is 4.47. The molecule has 0 amide bonds. The highest BCUT2D eigenvalue weighted by molar-refractivity contribution is 6.32. The second-order valence-electron chi connectivity index (χ2n) is 5.11. The van der Waals surface area contributed by atoms with Crippen LogP contribution in [0.25, 0.3) is 0 Å². The SMILES string of the molecule is CC(C)(C)[C@@H](CC(=O)O)Nc1nc(Cl)nc(Cl)c1F. The van der Waals surface area contributed by atoms with E-state index in [0.717, 1.165) is 0 Å². The van der Waals surface area contributed by atoms with Gasteiger partial charge in [-0.3, -0.25) is 4.79 Å². The molecule has 1 rings (SSSR count). The molecule has 19 heavy (non-hydrogen) atoms. The number of carbonyl (C=O) groups is 1. The van der Waals surface area contributed by atoms with Crippen molar-refractivity contribution in [3.05, 3.63) is 16.3 Å². The van der Waals surface area contributed by atoms with E-state index in [0.29, 0.717) is 0 Å². The summed E-state index contributed by atoms with van der Waals surface area (Å²) in [6, 6.07) is -0.540. The van der Waals surface area contributed by atoms with Crippen LogP contribution in [0.15, 0.2) is 0 Å². The summed E-state index contributed by atoms with van der Waals surface area (Å²) < 4.78 is 13.7. The summed E-state index contributed by atoms with van der Waals surface area (Å²) >= 11 is 11.2. The van der Waals surface area contributed by atoms with Gasteiger partial charge in [-0.2, -0.15) is 9.37 Å². The van der Waals surface area contributed by atoms with E-state index in [4.69, 9.17) is 28.3 Å². The van der Waals surface area contributed by atoms with E-state index >= 15 is 0 Å². The monoisotopic (exact) mass is 309 g/mol. The highest BCUT2D eigenvalue weighted by Gasteiger charge is 2.28. The summed E-state index contributed by atoms with van der Waals surface area (Å²) in [5.41, 5.74) is -0.422. The number of carboxylic acids is 1. The first-order valence-electron chi connectivity index (χ1n) is 5.48. The molecule has 0 bridgehead atoms.